The van der Waals surface area contributed by atoms with E-state index in [1.54, 1.807) is 6.92 Å². The second-order valence-electron chi connectivity index (χ2n) is 7.35. The molecule has 5 heteroatoms. The van der Waals surface area contributed by atoms with Crippen LogP contribution in [0.4, 0.5) is 0 Å². The third kappa shape index (κ3) is 5.68. The van der Waals surface area contributed by atoms with Crippen LogP contribution in [0.5, 0.6) is 0 Å². The minimum absolute atomic E-state index is 0.0691. The summed E-state index contributed by atoms with van der Waals surface area (Å²) in [6.07, 6.45) is 10.1. The molecule has 0 N–H and O–H groups in total. The molecule has 1 saturated carbocycles. The van der Waals surface area contributed by atoms with Crippen LogP contribution in [0.15, 0.2) is 11.1 Å². The molecule has 1 aliphatic carbocycles. The predicted octanol–water partition coefficient (Wildman–Crippen LogP) is 3.77. The number of carbonyl (C=O) groups excluding carboxylic acids is 3. The monoisotopic (exact) mass is 349 g/mol. The van der Waals surface area contributed by atoms with Crippen molar-refractivity contribution in [2.75, 3.05) is 13.2 Å². The third-order valence-electron chi connectivity index (χ3n) is 5.27. The Kier molecular flexibility index (Phi) is 7.66. The number of hydrogen-bond donors (Lipinski definition) is 0. The van der Waals surface area contributed by atoms with Gasteiger partial charge in [-0.25, -0.2) is 0 Å². The van der Waals surface area contributed by atoms with Gasteiger partial charge in [-0.2, -0.15) is 0 Å². The Morgan fingerprint density at radius 3 is 2.52 bits per heavy atom. The highest BCUT2D eigenvalue weighted by atomic mass is 16.5. The number of likely N-dealkylation sites (tertiary alicyclic amines) is 1. The normalized spacial score (nSPS) is 20.2. The summed E-state index contributed by atoms with van der Waals surface area (Å²) in [5, 5.41) is 0. The second kappa shape index (κ2) is 9.73. The van der Waals surface area contributed by atoms with E-state index in [2.05, 4.69) is 0 Å². The average Bonchev–Trinajstić information content (AvgIpc) is 2.60. The van der Waals surface area contributed by atoms with Gasteiger partial charge in [0.2, 0.25) is 5.91 Å². The van der Waals surface area contributed by atoms with Gasteiger partial charge in [0.15, 0.2) is 0 Å². The summed E-state index contributed by atoms with van der Waals surface area (Å²) in [6, 6.07) is 0. The molecule has 0 bridgehead atoms. The van der Waals surface area contributed by atoms with Crippen LogP contribution in [-0.2, 0) is 19.1 Å². The van der Waals surface area contributed by atoms with Crippen LogP contribution in [0, 0.1) is 5.92 Å². The number of ether oxygens (including phenoxy) is 1. The Morgan fingerprint density at radius 2 is 1.88 bits per heavy atom. The molecule has 1 aliphatic heterocycles. The molecule has 0 unspecified atom stereocenters. The summed E-state index contributed by atoms with van der Waals surface area (Å²) < 4.78 is 5.12. The standard InChI is InChI=1S/C20H31NO4/c1-3-8-19(23)25-14-15(2)17-13-21(20(17)24)18(22)12-7-11-16-9-5-4-6-10-16/h16H,3-14H2,1-2H3/b17-15-. The van der Waals surface area contributed by atoms with Gasteiger partial charge >= 0.3 is 5.97 Å². The Bertz CT molecular complexity index is 532. The van der Waals surface area contributed by atoms with Crippen LogP contribution in [-0.4, -0.2) is 35.8 Å². The zero-order valence-electron chi connectivity index (χ0n) is 15.6. The van der Waals surface area contributed by atoms with Crippen molar-refractivity contribution < 1.29 is 19.1 Å². The number of imide groups is 1. The van der Waals surface area contributed by atoms with E-state index in [4.69, 9.17) is 4.74 Å². The van der Waals surface area contributed by atoms with Crippen LogP contribution < -0.4 is 0 Å². The van der Waals surface area contributed by atoms with E-state index in [0.29, 0.717) is 25.0 Å². The van der Waals surface area contributed by atoms with E-state index in [-0.39, 0.29) is 24.4 Å². The first kappa shape index (κ1) is 19.7. The summed E-state index contributed by atoms with van der Waals surface area (Å²) in [5.74, 6) is 0.237. The van der Waals surface area contributed by atoms with Gasteiger partial charge in [0, 0.05) is 18.4 Å². The van der Waals surface area contributed by atoms with Gasteiger partial charge in [0.25, 0.3) is 5.91 Å². The first-order valence-electron chi connectivity index (χ1n) is 9.71. The predicted molar refractivity (Wildman–Crippen MR) is 95.7 cm³/mol. The number of rotatable bonds is 8. The van der Waals surface area contributed by atoms with E-state index in [0.717, 1.165) is 30.8 Å². The lowest BCUT2D eigenvalue weighted by molar-refractivity contribution is -0.148. The number of hydrogen-bond acceptors (Lipinski definition) is 4. The van der Waals surface area contributed by atoms with Gasteiger partial charge in [-0.05, 0) is 37.7 Å². The first-order valence-corrected chi connectivity index (χ1v) is 9.71. The van der Waals surface area contributed by atoms with Gasteiger partial charge in [-0.3, -0.25) is 19.3 Å². The SMILES string of the molecule is CCCC(=O)OC/C(C)=C1/CN(C(=O)CCCC2CCCCC2)C1=O. The average molecular weight is 349 g/mol. The second-order valence-corrected chi connectivity index (χ2v) is 7.35. The molecule has 2 rings (SSSR count). The molecule has 0 aromatic heterocycles. The highest BCUT2D eigenvalue weighted by Crippen LogP contribution is 2.28. The Balaban J connectivity index is 1.70. The van der Waals surface area contributed by atoms with Crippen LogP contribution >= 0.6 is 0 Å². The zero-order chi connectivity index (χ0) is 18.2. The maximum atomic E-state index is 12.2. The number of nitrogens with zero attached hydrogens (tertiary/aromatic N) is 1. The van der Waals surface area contributed by atoms with Crippen molar-refractivity contribution in [3.8, 4) is 0 Å². The maximum Gasteiger partial charge on any atom is 0.306 e. The van der Waals surface area contributed by atoms with Crippen molar-refractivity contribution >= 4 is 17.8 Å². The van der Waals surface area contributed by atoms with E-state index >= 15 is 0 Å². The van der Waals surface area contributed by atoms with Gasteiger partial charge in [-0.1, -0.05) is 39.0 Å². The largest absolute Gasteiger partial charge is 0.461 e. The number of amides is 2. The van der Waals surface area contributed by atoms with Crippen molar-refractivity contribution in [1.82, 2.24) is 4.90 Å². The highest BCUT2D eigenvalue weighted by molar-refractivity contribution is 6.11. The van der Waals surface area contributed by atoms with Crippen molar-refractivity contribution in [2.45, 2.75) is 78.1 Å². The van der Waals surface area contributed by atoms with E-state index in [1.165, 1.54) is 37.0 Å². The Hall–Kier alpha value is -1.65. The fourth-order valence-electron chi connectivity index (χ4n) is 3.59. The van der Waals surface area contributed by atoms with Crippen molar-refractivity contribution in [1.29, 1.82) is 0 Å². The Labute approximate surface area is 150 Å². The van der Waals surface area contributed by atoms with Crippen molar-refractivity contribution in [2.24, 2.45) is 5.92 Å². The molecular formula is C20H31NO4. The quantitative estimate of drug-likeness (QED) is 0.380. The van der Waals surface area contributed by atoms with Crippen molar-refractivity contribution in [3.05, 3.63) is 11.1 Å². The molecule has 1 heterocycles. The van der Waals surface area contributed by atoms with Crippen LogP contribution in [0.3, 0.4) is 0 Å². The lowest BCUT2D eigenvalue weighted by Crippen LogP contribution is -2.50. The summed E-state index contributed by atoms with van der Waals surface area (Å²) in [5.41, 5.74) is 1.37. The van der Waals surface area contributed by atoms with Gasteiger partial charge < -0.3 is 4.74 Å². The molecule has 0 aromatic carbocycles. The zero-order valence-corrected chi connectivity index (χ0v) is 15.6. The summed E-state index contributed by atoms with van der Waals surface area (Å²) in [6.45, 7) is 4.21. The molecule has 0 radical (unpaired) electrons. The van der Waals surface area contributed by atoms with Gasteiger partial charge in [0.1, 0.15) is 6.61 Å². The van der Waals surface area contributed by atoms with Crippen LogP contribution in [0.2, 0.25) is 0 Å². The van der Waals surface area contributed by atoms with Gasteiger partial charge in [0.05, 0.1) is 6.54 Å². The molecular weight excluding hydrogens is 318 g/mol. The number of esters is 1. The summed E-state index contributed by atoms with van der Waals surface area (Å²) >= 11 is 0. The van der Waals surface area contributed by atoms with E-state index < -0.39 is 0 Å². The van der Waals surface area contributed by atoms with Crippen LogP contribution in [0.1, 0.15) is 78.1 Å². The van der Waals surface area contributed by atoms with E-state index in [9.17, 15) is 14.4 Å². The number of β-lactam (4-membered cyclic amide) rings is 1. The topological polar surface area (TPSA) is 63.7 Å². The molecule has 140 valence electrons. The molecule has 2 amide bonds. The van der Waals surface area contributed by atoms with Gasteiger partial charge in [-0.15, -0.1) is 0 Å². The minimum atomic E-state index is -0.245. The highest BCUT2D eigenvalue weighted by Gasteiger charge is 2.36. The molecule has 0 atom stereocenters. The Morgan fingerprint density at radius 1 is 1.16 bits per heavy atom. The van der Waals surface area contributed by atoms with Crippen LogP contribution in [0.25, 0.3) is 0 Å². The minimum Gasteiger partial charge on any atom is -0.461 e. The van der Waals surface area contributed by atoms with E-state index in [1.807, 2.05) is 6.92 Å². The molecule has 25 heavy (non-hydrogen) atoms. The molecule has 2 fully saturated rings. The lowest BCUT2D eigenvalue weighted by Gasteiger charge is -2.33. The third-order valence-corrected chi connectivity index (χ3v) is 5.27. The fraction of sp³-hybridized carbons (Fsp3) is 0.750. The summed E-state index contributed by atoms with van der Waals surface area (Å²) in [4.78, 5) is 37.1. The lowest BCUT2D eigenvalue weighted by atomic mass is 9.85. The maximum absolute atomic E-state index is 12.2. The molecule has 1 saturated heterocycles. The smallest absolute Gasteiger partial charge is 0.306 e. The number of carbonyl (C=O) groups is 3. The fourth-order valence-corrected chi connectivity index (χ4v) is 3.59. The first-order chi connectivity index (χ1) is 12.0. The molecule has 0 aromatic rings. The molecule has 0 spiro atoms. The molecule has 5 nitrogen and oxygen atoms in total. The summed E-state index contributed by atoms with van der Waals surface area (Å²) in [7, 11) is 0. The molecule has 2 aliphatic rings. The van der Waals surface area contributed by atoms with Crippen molar-refractivity contribution in [3.63, 3.8) is 0 Å².